The fourth-order valence-corrected chi connectivity index (χ4v) is 3.37. The summed E-state index contributed by atoms with van der Waals surface area (Å²) in [7, 11) is 2.17. The van der Waals surface area contributed by atoms with Gasteiger partial charge in [0.1, 0.15) is 0 Å². The Morgan fingerprint density at radius 3 is 2.74 bits per heavy atom. The van der Waals surface area contributed by atoms with Gasteiger partial charge in [0.05, 0.1) is 11.9 Å². The molecule has 0 N–H and O–H groups in total. The summed E-state index contributed by atoms with van der Waals surface area (Å²) in [6, 6.07) is 0. The van der Waals surface area contributed by atoms with Gasteiger partial charge < -0.3 is 9.80 Å². The van der Waals surface area contributed by atoms with Gasteiger partial charge in [-0.2, -0.15) is 0 Å². The molecule has 2 aromatic rings. The molecule has 0 saturated carbocycles. The zero-order valence-corrected chi connectivity index (χ0v) is 13.8. The largest absolute Gasteiger partial charge is 0.351 e. The van der Waals surface area contributed by atoms with Crippen molar-refractivity contribution in [3.8, 4) is 0 Å². The number of aromatic nitrogens is 3. The normalized spacial score (nSPS) is 22.6. The molecule has 2 aliphatic rings. The van der Waals surface area contributed by atoms with Gasteiger partial charge in [0.15, 0.2) is 11.5 Å². The van der Waals surface area contributed by atoms with E-state index in [0.29, 0.717) is 5.92 Å². The average Bonchev–Trinajstić information content (AvgIpc) is 3.04. The van der Waals surface area contributed by atoms with E-state index in [0.717, 1.165) is 49.8 Å². The lowest BCUT2D eigenvalue weighted by atomic mass is 9.96. The molecule has 2 aromatic heterocycles. The maximum atomic E-state index is 4.78. The van der Waals surface area contributed by atoms with E-state index in [1.165, 1.54) is 5.57 Å². The number of allylic oxidation sites excluding steroid dienone is 4. The first-order valence-corrected chi connectivity index (χ1v) is 8.36. The molecular formula is C18H23N5. The number of piperazine rings is 1. The predicted molar refractivity (Wildman–Crippen MR) is 93.6 cm³/mol. The van der Waals surface area contributed by atoms with Gasteiger partial charge in [-0.05, 0) is 25.0 Å². The predicted octanol–water partition coefficient (Wildman–Crippen LogP) is 2.46. The van der Waals surface area contributed by atoms with Crippen LogP contribution in [0.1, 0.15) is 19.0 Å². The standard InChI is InChI=1S/C18H23N5/c1-14-4-3-5-15(12-14)16-13-20-17(18-19-6-7-23(16)18)22-10-8-21(2)9-11-22/h3,5-7,12-14H,4,8-11H2,1-2H3. The van der Waals surface area contributed by atoms with E-state index in [1.54, 1.807) is 0 Å². The monoisotopic (exact) mass is 309 g/mol. The third kappa shape index (κ3) is 2.65. The quantitative estimate of drug-likeness (QED) is 0.854. The molecule has 5 heteroatoms. The fraction of sp³-hybridized carbons (Fsp3) is 0.444. The van der Waals surface area contributed by atoms with Crippen LogP contribution in [0.5, 0.6) is 0 Å². The van der Waals surface area contributed by atoms with Gasteiger partial charge in [0, 0.05) is 38.6 Å². The minimum absolute atomic E-state index is 0.575. The van der Waals surface area contributed by atoms with Gasteiger partial charge in [-0.25, -0.2) is 9.97 Å². The Morgan fingerprint density at radius 2 is 1.96 bits per heavy atom. The molecule has 0 radical (unpaired) electrons. The van der Waals surface area contributed by atoms with Crippen LogP contribution in [0, 0.1) is 5.92 Å². The van der Waals surface area contributed by atoms with Gasteiger partial charge in [0.25, 0.3) is 0 Å². The Hall–Kier alpha value is -2.14. The van der Waals surface area contributed by atoms with E-state index in [2.05, 4.69) is 51.4 Å². The van der Waals surface area contributed by atoms with Crippen molar-refractivity contribution in [3.63, 3.8) is 0 Å². The molecule has 1 aliphatic heterocycles. The summed E-state index contributed by atoms with van der Waals surface area (Å²) < 4.78 is 2.18. The molecule has 4 rings (SSSR count). The van der Waals surface area contributed by atoms with E-state index in [1.807, 2.05) is 18.6 Å². The Balaban J connectivity index is 1.75. The lowest BCUT2D eigenvalue weighted by molar-refractivity contribution is 0.312. The number of rotatable bonds is 2. The summed E-state index contributed by atoms with van der Waals surface area (Å²) in [5, 5.41) is 0. The van der Waals surface area contributed by atoms with Crippen LogP contribution in [-0.2, 0) is 0 Å². The lowest BCUT2D eigenvalue weighted by Crippen LogP contribution is -2.45. The Morgan fingerprint density at radius 1 is 1.13 bits per heavy atom. The molecule has 3 heterocycles. The third-order valence-electron chi connectivity index (χ3n) is 4.78. The molecule has 23 heavy (non-hydrogen) atoms. The molecule has 1 aliphatic carbocycles. The number of nitrogens with zero attached hydrogens (tertiary/aromatic N) is 5. The molecule has 120 valence electrons. The van der Waals surface area contributed by atoms with Crippen molar-refractivity contribution in [1.29, 1.82) is 0 Å². The number of hydrogen-bond acceptors (Lipinski definition) is 4. The molecule has 1 saturated heterocycles. The van der Waals surface area contributed by atoms with Crippen molar-refractivity contribution >= 4 is 17.0 Å². The van der Waals surface area contributed by atoms with Crippen molar-refractivity contribution in [2.24, 2.45) is 5.92 Å². The van der Waals surface area contributed by atoms with Crippen LogP contribution in [0.4, 0.5) is 5.82 Å². The first kappa shape index (κ1) is 14.5. The van der Waals surface area contributed by atoms with Gasteiger partial charge in [-0.3, -0.25) is 4.40 Å². The van der Waals surface area contributed by atoms with E-state index in [-0.39, 0.29) is 0 Å². The number of fused-ring (bicyclic) bond motifs is 1. The van der Waals surface area contributed by atoms with Gasteiger partial charge >= 0.3 is 0 Å². The van der Waals surface area contributed by atoms with Crippen molar-refractivity contribution < 1.29 is 0 Å². The fourth-order valence-electron chi connectivity index (χ4n) is 3.37. The summed E-state index contributed by atoms with van der Waals surface area (Å²) in [4.78, 5) is 14.1. The van der Waals surface area contributed by atoms with E-state index in [9.17, 15) is 0 Å². The van der Waals surface area contributed by atoms with Gasteiger partial charge in [-0.15, -0.1) is 0 Å². The maximum absolute atomic E-state index is 4.78. The van der Waals surface area contributed by atoms with Crippen LogP contribution >= 0.6 is 0 Å². The second-order valence-corrected chi connectivity index (χ2v) is 6.62. The topological polar surface area (TPSA) is 36.7 Å². The second kappa shape index (κ2) is 5.81. The maximum Gasteiger partial charge on any atom is 0.180 e. The highest BCUT2D eigenvalue weighted by Crippen LogP contribution is 2.27. The van der Waals surface area contributed by atoms with E-state index in [4.69, 9.17) is 4.98 Å². The number of hydrogen-bond donors (Lipinski definition) is 0. The van der Waals surface area contributed by atoms with Crippen molar-refractivity contribution in [3.05, 3.63) is 42.5 Å². The molecule has 0 spiro atoms. The van der Waals surface area contributed by atoms with E-state index >= 15 is 0 Å². The highest BCUT2D eigenvalue weighted by molar-refractivity contribution is 5.76. The molecule has 0 aromatic carbocycles. The summed E-state index contributed by atoms with van der Waals surface area (Å²) in [5.74, 6) is 1.58. The summed E-state index contributed by atoms with van der Waals surface area (Å²) in [6.45, 7) is 6.40. The zero-order chi connectivity index (χ0) is 15.8. The second-order valence-electron chi connectivity index (χ2n) is 6.62. The van der Waals surface area contributed by atoms with Gasteiger partial charge in [-0.1, -0.05) is 25.2 Å². The minimum atomic E-state index is 0.575. The number of anilines is 1. The number of likely N-dealkylation sites (N-methyl/N-ethyl adjacent to an activating group) is 1. The summed E-state index contributed by atoms with van der Waals surface area (Å²) in [5.41, 5.74) is 3.32. The Kier molecular flexibility index (Phi) is 3.65. The smallest absolute Gasteiger partial charge is 0.180 e. The molecule has 0 bridgehead atoms. The first-order chi connectivity index (χ1) is 11.2. The summed E-state index contributed by atoms with van der Waals surface area (Å²) in [6.07, 6.45) is 13.8. The average molecular weight is 309 g/mol. The Labute approximate surface area is 136 Å². The van der Waals surface area contributed by atoms with Crippen LogP contribution in [-0.4, -0.2) is 52.5 Å². The molecule has 1 unspecified atom stereocenters. The van der Waals surface area contributed by atoms with Crippen LogP contribution < -0.4 is 4.90 Å². The van der Waals surface area contributed by atoms with Crippen molar-refractivity contribution in [2.75, 3.05) is 38.1 Å². The summed E-state index contributed by atoms with van der Waals surface area (Å²) >= 11 is 0. The lowest BCUT2D eigenvalue weighted by Gasteiger charge is -2.33. The minimum Gasteiger partial charge on any atom is -0.351 e. The first-order valence-electron chi connectivity index (χ1n) is 8.36. The van der Waals surface area contributed by atoms with Crippen LogP contribution in [0.2, 0.25) is 0 Å². The van der Waals surface area contributed by atoms with Crippen molar-refractivity contribution in [2.45, 2.75) is 13.3 Å². The SMILES string of the molecule is CC1C=C(c2cnc(N3CCN(C)CC3)c3nccn23)C=CC1. The molecular weight excluding hydrogens is 286 g/mol. The molecule has 1 atom stereocenters. The number of imidazole rings is 1. The zero-order valence-electron chi connectivity index (χ0n) is 13.8. The van der Waals surface area contributed by atoms with Gasteiger partial charge in [0.2, 0.25) is 0 Å². The molecule has 0 amide bonds. The van der Waals surface area contributed by atoms with E-state index < -0.39 is 0 Å². The van der Waals surface area contributed by atoms with Crippen LogP contribution in [0.3, 0.4) is 0 Å². The third-order valence-corrected chi connectivity index (χ3v) is 4.78. The molecule has 5 nitrogen and oxygen atoms in total. The Bertz CT molecular complexity index is 765. The van der Waals surface area contributed by atoms with Crippen LogP contribution in [0.15, 0.2) is 36.8 Å². The van der Waals surface area contributed by atoms with Crippen LogP contribution in [0.25, 0.3) is 11.2 Å². The highest BCUT2D eigenvalue weighted by Gasteiger charge is 2.20. The van der Waals surface area contributed by atoms with Crippen molar-refractivity contribution in [1.82, 2.24) is 19.3 Å². The molecule has 1 fully saturated rings. The highest BCUT2D eigenvalue weighted by atomic mass is 15.3.